The van der Waals surface area contributed by atoms with Gasteiger partial charge in [-0.1, -0.05) is 59.6 Å². The Bertz CT molecular complexity index is 779. The second-order valence-corrected chi connectivity index (χ2v) is 5.76. The first kappa shape index (κ1) is 17.1. The summed E-state index contributed by atoms with van der Waals surface area (Å²) in [4.78, 5) is 12.3. The van der Waals surface area contributed by atoms with Crippen LogP contribution in [0.15, 0.2) is 54.1 Å². The second-order valence-electron chi connectivity index (χ2n) is 4.95. The van der Waals surface area contributed by atoms with Crippen molar-refractivity contribution < 1.29 is 4.79 Å². The number of nitrogens with one attached hydrogen (secondary N) is 1. The van der Waals surface area contributed by atoms with Crippen molar-refractivity contribution in [3.63, 3.8) is 0 Å². The summed E-state index contributed by atoms with van der Waals surface area (Å²) in [7, 11) is 0. The molecule has 2 aromatic rings. The number of nitriles is 1. The Labute approximate surface area is 145 Å². The average molecular weight is 345 g/mol. The van der Waals surface area contributed by atoms with Crippen LogP contribution in [0.5, 0.6) is 0 Å². The van der Waals surface area contributed by atoms with Crippen molar-refractivity contribution in [2.45, 2.75) is 13.0 Å². The van der Waals surface area contributed by atoms with Crippen LogP contribution in [-0.4, -0.2) is 5.91 Å². The molecule has 1 amide bonds. The van der Waals surface area contributed by atoms with Gasteiger partial charge in [-0.15, -0.1) is 0 Å². The highest BCUT2D eigenvalue weighted by Crippen LogP contribution is 2.23. The molecule has 5 heteroatoms. The zero-order chi connectivity index (χ0) is 16.8. The monoisotopic (exact) mass is 344 g/mol. The van der Waals surface area contributed by atoms with Gasteiger partial charge in [-0.2, -0.15) is 5.26 Å². The number of halogens is 2. The van der Waals surface area contributed by atoms with E-state index in [1.54, 1.807) is 18.2 Å². The van der Waals surface area contributed by atoms with Crippen molar-refractivity contribution in [3.05, 3.63) is 75.3 Å². The molecule has 1 N–H and O–H groups in total. The lowest BCUT2D eigenvalue weighted by atomic mass is 10.1. The van der Waals surface area contributed by atoms with Gasteiger partial charge in [0.2, 0.25) is 0 Å². The highest BCUT2D eigenvalue weighted by atomic mass is 35.5. The maximum Gasteiger partial charge on any atom is 0.262 e. The third kappa shape index (κ3) is 4.59. The van der Waals surface area contributed by atoms with Gasteiger partial charge in [0, 0.05) is 0 Å². The third-order valence-electron chi connectivity index (χ3n) is 3.27. The molecule has 0 heterocycles. The lowest BCUT2D eigenvalue weighted by Gasteiger charge is -2.13. The van der Waals surface area contributed by atoms with Crippen LogP contribution < -0.4 is 5.32 Å². The number of hydrogen-bond acceptors (Lipinski definition) is 2. The lowest BCUT2D eigenvalue weighted by molar-refractivity contribution is -0.117. The van der Waals surface area contributed by atoms with Crippen LogP contribution in [0.3, 0.4) is 0 Å². The fourth-order valence-electron chi connectivity index (χ4n) is 2.02. The van der Waals surface area contributed by atoms with E-state index in [4.69, 9.17) is 23.2 Å². The second kappa shape index (κ2) is 7.82. The Morgan fingerprint density at radius 3 is 2.48 bits per heavy atom. The fraction of sp³-hybridized carbons (Fsp3) is 0.111. The molecule has 0 bridgehead atoms. The minimum Gasteiger partial charge on any atom is -0.345 e. The minimum absolute atomic E-state index is 0.00571. The van der Waals surface area contributed by atoms with Crippen LogP contribution in [0.2, 0.25) is 10.0 Å². The van der Waals surface area contributed by atoms with E-state index in [1.807, 2.05) is 43.3 Å². The van der Waals surface area contributed by atoms with Crippen LogP contribution in [0.4, 0.5) is 0 Å². The van der Waals surface area contributed by atoms with Crippen molar-refractivity contribution in [2.24, 2.45) is 0 Å². The summed E-state index contributed by atoms with van der Waals surface area (Å²) in [6.07, 6.45) is 1.48. The molecule has 0 saturated carbocycles. The van der Waals surface area contributed by atoms with Crippen LogP contribution in [-0.2, 0) is 4.79 Å². The molecule has 2 aromatic carbocycles. The Balaban J connectivity index is 2.17. The molecule has 0 radical (unpaired) electrons. The smallest absolute Gasteiger partial charge is 0.262 e. The zero-order valence-electron chi connectivity index (χ0n) is 12.4. The number of benzene rings is 2. The van der Waals surface area contributed by atoms with Crippen molar-refractivity contribution >= 4 is 35.2 Å². The molecule has 0 aliphatic rings. The Morgan fingerprint density at radius 2 is 1.87 bits per heavy atom. The van der Waals surface area contributed by atoms with Crippen molar-refractivity contribution in [1.82, 2.24) is 5.32 Å². The molecule has 23 heavy (non-hydrogen) atoms. The molecule has 0 spiro atoms. The van der Waals surface area contributed by atoms with E-state index in [0.717, 1.165) is 5.56 Å². The number of hydrogen-bond donors (Lipinski definition) is 1. The van der Waals surface area contributed by atoms with E-state index in [1.165, 1.54) is 6.08 Å². The fourth-order valence-corrected chi connectivity index (χ4v) is 2.32. The Morgan fingerprint density at radius 1 is 1.17 bits per heavy atom. The maximum absolute atomic E-state index is 12.3. The first-order valence-corrected chi connectivity index (χ1v) is 7.69. The molecule has 0 aliphatic heterocycles. The molecule has 116 valence electrons. The molecule has 0 saturated heterocycles. The summed E-state index contributed by atoms with van der Waals surface area (Å²) >= 11 is 11.8. The summed E-state index contributed by atoms with van der Waals surface area (Å²) < 4.78 is 0. The van der Waals surface area contributed by atoms with Gasteiger partial charge in [0.15, 0.2) is 0 Å². The van der Waals surface area contributed by atoms with Gasteiger partial charge in [0.1, 0.15) is 11.6 Å². The summed E-state index contributed by atoms with van der Waals surface area (Å²) in [5, 5.41) is 12.8. The number of carbonyl (C=O) groups is 1. The van der Waals surface area contributed by atoms with Gasteiger partial charge in [-0.3, -0.25) is 4.79 Å². The summed E-state index contributed by atoms with van der Waals surface area (Å²) in [5.74, 6) is -0.435. The molecule has 0 aromatic heterocycles. The Kier molecular flexibility index (Phi) is 5.81. The van der Waals surface area contributed by atoms with Gasteiger partial charge in [-0.25, -0.2) is 0 Å². The predicted octanol–water partition coefficient (Wildman–Crippen LogP) is 4.78. The molecular formula is C18H14Cl2N2O. The predicted molar refractivity (Wildman–Crippen MR) is 93.1 cm³/mol. The molecule has 3 nitrogen and oxygen atoms in total. The summed E-state index contributed by atoms with van der Waals surface area (Å²) in [6.45, 7) is 1.86. The highest BCUT2D eigenvalue weighted by Gasteiger charge is 2.13. The van der Waals surface area contributed by atoms with Crippen molar-refractivity contribution in [2.75, 3.05) is 0 Å². The van der Waals surface area contributed by atoms with Crippen LogP contribution in [0, 0.1) is 11.3 Å². The van der Waals surface area contributed by atoms with E-state index < -0.39 is 5.91 Å². The molecule has 1 atom stereocenters. The number of carbonyl (C=O) groups excluding carboxylic acids is 1. The first-order valence-electron chi connectivity index (χ1n) is 6.94. The van der Waals surface area contributed by atoms with Gasteiger partial charge in [0.25, 0.3) is 5.91 Å². The van der Waals surface area contributed by atoms with Gasteiger partial charge in [0.05, 0.1) is 16.1 Å². The van der Waals surface area contributed by atoms with Crippen LogP contribution >= 0.6 is 23.2 Å². The van der Waals surface area contributed by atoms with E-state index in [9.17, 15) is 10.1 Å². The number of nitrogens with zero attached hydrogens (tertiary/aromatic N) is 1. The maximum atomic E-state index is 12.3. The van der Waals surface area contributed by atoms with Crippen molar-refractivity contribution in [1.29, 1.82) is 5.26 Å². The minimum atomic E-state index is -0.435. The van der Waals surface area contributed by atoms with E-state index in [-0.39, 0.29) is 11.6 Å². The SMILES string of the molecule is CC(NC(=O)/C(C#N)=C/c1ccc(Cl)c(Cl)c1)c1ccccc1. The van der Waals surface area contributed by atoms with E-state index in [0.29, 0.717) is 15.6 Å². The number of rotatable bonds is 4. The quantitative estimate of drug-likeness (QED) is 0.641. The molecule has 1 unspecified atom stereocenters. The normalized spacial score (nSPS) is 12.3. The molecule has 0 fully saturated rings. The van der Waals surface area contributed by atoms with E-state index in [2.05, 4.69) is 5.32 Å². The standard InChI is InChI=1S/C18H14Cl2N2O/c1-12(14-5-3-2-4-6-14)22-18(23)15(11-21)9-13-7-8-16(19)17(20)10-13/h2-10,12H,1H3,(H,22,23)/b15-9+. The molecule has 2 rings (SSSR count). The topological polar surface area (TPSA) is 52.9 Å². The van der Waals surface area contributed by atoms with E-state index >= 15 is 0 Å². The first-order chi connectivity index (χ1) is 11.0. The lowest BCUT2D eigenvalue weighted by Crippen LogP contribution is -2.27. The largest absolute Gasteiger partial charge is 0.345 e. The van der Waals surface area contributed by atoms with Gasteiger partial charge >= 0.3 is 0 Å². The Hall–Kier alpha value is -2.28. The third-order valence-corrected chi connectivity index (χ3v) is 4.01. The summed E-state index contributed by atoms with van der Waals surface area (Å²) in [5.41, 5.74) is 1.61. The average Bonchev–Trinajstić information content (AvgIpc) is 2.56. The molecule has 0 aliphatic carbocycles. The van der Waals surface area contributed by atoms with Crippen LogP contribution in [0.25, 0.3) is 6.08 Å². The molecular weight excluding hydrogens is 331 g/mol. The van der Waals surface area contributed by atoms with Crippen LogP contribution in [0.1, 0.15) is 24.1 Å². The highest BCUT2D eigenvalue weighted by molar-refractivity contribution is 6.42. The van der Waals surface area contributed by atoms with Crippen molar-refractivity contribution in [3.8, 4) is 6.07 Å². The summed E-state index contributed by atoms with van der Waals surface area (Å²) in [6, 6.07) is 16.2. The number of amides is 1. The zero-order valence-corrected chi connectivity index (χ0v) is 13.9. The van der Waals surface area contributed by atoms with Gasteiger partial charge < -0.3 is 5.32 Å². The van der Waals surface area contributed by atoms with Gasteiger partial charge in [-0.05, 0) is 36.3 Å².